The molecule has 0 aromatic rings. The minimum absolute atomic E-state index is 0.980. The second-order valence-electron chi connectivity index (χ2n) is 4.14. The van der Waals surface area contributed by atoms with Crippen LogP contribution in [0.25, 0.3) is 0 Å². The van der Waals surface area contributed by atoms with Crippen molar-refractivity contribution < 1.29 is 0 Å². The van der Waals surface area contributed by atoms with Crippen molar-refractivity contribution in [1.82, 2.24) is 4.90 Å². The fourth-order valence-corrected chi connectivity index (χ4v) is 2.04. The Balaban J connectivity index is 0. The first kappa shape index (κ1) is 18.3. The van der Waals surface area contributed by atoms with Gasteiger partial charge in [-0.05, 0) is 26.3 Å². The van der Waals surface area contributed by atoms with E-state index < -0.39 is 0 Å². The lowest BCUT2D eigenvalue weighted by molar-refractivity contribution is -0.00221. The van der Waals surface area contributed by atoms with Crippen LogP contribution in [0.1, 0.15) is 80.1 Å². The minimum atomic E-state index is 0.980. The van der Waals surface area contributed by atoms with E-state index in [4.69, 9.17) is 0 Å². The average Bonchev–Trinajstić information content (AvgIpc) is 2.43. The lowest BCUT2D eigenvalue weighted by Gasteiger charge is -2.50. The summed E-state index contributed by atoms with van der Waals surface area (Å²) >= 11 is 0. The highest BCUT2D eigenvalue weighted by atomic mass is 15.2. The molecule has 2 aliphatic heterocycles. The number of hydrogen-bond acceptors (Lipinski definition) is 1. The van der Waals surface area contributed by atoms with Gasteiger partial charge in [0, 0.05) is 12.1 Å². The molecule has 1 heteroatoms. The molecule has 0 N–H and O–H groups in total. The molecule has 1 saturated carbocycles. The van der Waals surface area contributed by atoms with Crippen molar-refractivity contribution in [3.05, 3.63) is 0 Å². The van der Waals surface area contributed by atoms with Crippen LogP contribution in [-0.2, 0) is 0 Å². The number of piperidine rings is 1. The molecule has 2 unspecified atom stereocenters. The fourth-order valence-electron chi connectivity index (χ4n) is 2.04. The van der Waals surface area contributed by atoms with E-state index in [1.54, 1.807) is 0 Å². The summed E-state index contributed by atoms with van der Waals surface area (Å²) in [5, 5.41) is 0. The molecule has 2 bridgehead atoms. The molecule has 1 aliphatic carbocycles. The molecular formula is C15H35N. The van der Waals surface area contributed by atoms with Crippen LogP contribution in [0.2, 0.25) is 0 Å². The van der Waals surface area contributed by atoms with E-state index in [1.807, 2.05) is 27.7 Å². The fraction of sp³-hybridized carbons (Fsp3) is 1.00. The van der Waals surface area contributed by atoms with Crippen molar-refractivity contribution in [3.63, 3.8) is 0 Å². The molecule has 0 aromatic heterocycles. The quantitative estimate of drug-likeness (QED) is 0.604. The average molecular weight is 229 g/mol. The zero-order valence-corrected chi connectivity index (χ0v) is 12.8. The maximum Gasteiger partial charge on any atom is 0.0110 e. The monoisotopic (exact) mass is 229 g/mol. The molecule has 100 valence electrons. The highest BCUT2D eigenvalue weighted by Gasteiger charge is 2.37. The summed E-state index contributed by atoms with van der Waals surface area (Å²) in [6.45, 7) is 12.4. The Kier molecular flexibility index (Phi) is 14.9. The Morgan fingerprint density at radius 3 is 1.38 bits per heavy atom. The number of hydrogen-bond donors (Lipinski definition) is 0. The number of rotatable bonds is 1. The minimum Gasteiger partial charge on any atom is -0.300 e. The van der Waals surface area contributed by atoms with Crippen LogP contribution in [0.15, 0.2) is 0 Å². The molecule has 3 aliphatic rings. The zero-order chi connectivity index (χ0) is 13.0. The number of unbranched alkanes of at least 4 members (excludes halogenated alkanes) is 1. The molecule has 3 fully saturated rings. The Hall–Kier alpha value is -0.0400. The summed E-state index contributed by atoms with van der Waals surface area (Å²) in [6.07, 6.45) is 8.55. The van der Waals surface area contributed by atoms with E-state index in [1.165, 1.54) is 38.5 Å². The normalized spacial score (nSPS) is 25.7. The van der Waals surface area contributed by atoms with Crippen molar-refractivity contribution in [1.29, 1.82) is 0 Å². The molecule has 0 aromatic carbocycles. The van der Waals surface area contributed by atoms with Gasteiger partial charge in [-0.2, -0.15) is 0 Å². The first-order valence-electron chi connectivity index (χ1n) is 7.51. The number of nitrogens with zero attached hydrogens (tertiary/aromatic N) is 1. The van der Waals surface area contributed by atoms with E-state index in [-0.39, 0.29) is 0 Å². The molecule has 3 rings (SSSR count). The maximum atomic E-state index is 2.53. The van der Waals surface area contributed by atoms with Crippen LogP contribution in [0.5, 0.6) is 0 Å². The highest BCUT2D eigenvalue weighted by molar-refractivity contribution is 4.94. The smallest absolute Gasteiger partial charge is 0.0110 e. The summed E-state index contributed by atoms with van der Waals surface area (Å²) in [5.41, 5.74) is 0. The van der Waals surface area contributed by atoms with Crippen LogP contribution < -0.4 is 0 Å². The van der Waals surface area contributed by atoms with Crippen LogP contribution in [0.3, 0.4) is 0 Å². The van der Waals surface area contributed by atoms with Gasteiger partial charge in [0.1, 0.15) is 0 Å². The third-order valence-electron chi connectivity index (χ3n) is 3.27. The predicted molar refractivity (Wildman–Crippen MR) is 77.1 cm³/mol. The Morgan fingerprint density at radius 2 is 1.25 bits per heavy atom. The van der Waals surface area contributed by atoms with Crippen molar-refractivity contribution in [3.8, 4) is 0 Å². The summed E-state index contributed by atoms with van der Waals surface area (Å²) in [7, 11) is 2.26. The van der Waals surface area contributed by atoms with Gasteiger partial charge in [-0.3, -0.25) is 0 Å². The summed E-state index contributed by atoms with van der Waals surface area (Å²) < 4.78 is 0. The van der Waals surface area contributed by atoms with Crippen LogP contribution in [-0.4, -0.2) is 24.0 Å². The molecule has 0 amide bonds. The molecule has 1 nitrogen and oxygen atoms in total. The summed E-state index contributed by atoms with van der Waals surface area (Å²) in [6, 6.07) is 1.96. The SMILES string of the molecule is CC.CC.CCCC.CN1C2CCCC1C2. The van der Waals surface area contributed by atoms with E-state index in [2.05, 4.69) is 25.8 Å². The van der Waals surface area contributed by atoms with Crippen molar-refractivity contribution in [2.45, 2.75) is 92.2 Å². The van der Waals surface area contributed by atoms with Crippen molar-refractivity contribution in [2.75, 3.05) is 7.05 Å². The molecule has 0 spiro atoms. The van der Waals surface area contributed by atoms with Gasteiger partial charge in [-0.15, -0.1) is 0 Å². The van der Waals surface area contributed by atoms with Crippen LogP contribution in [0, 0.1) is 0 Å². The third kappa shape index (κ3) is 6.52. The van der Waals surface area contributed by atoms with Gasteiger partial charge in [-0.1, -0.05) is 60.8 Å². The van der Waals surface area contributed by atoms with Gasteiger partial charge >= 0.3 is 0 Å². The molecule has 2 saturated heterocycles. The second kappa shape index (κ2) is 13.0. The summed E-state index contributed by atoms with van der Waals surface area (Å²) in [4.78, 5) is 2.53. The highest BCUT2D eigenvalue weighted by Crippen LogP contribution is 2.35. The maximum absolute atomic E-state index is 2.53. The van der Waals surface area contributed by atoms with E-state index in [0.29, 0.717) is 0 Å². The molecule has 0 radical (unpaired) electrons. The van der Waals surface area contributed by atoms with Crippen LogP contribution >= 0.6 is 0 Å². The van der Waals surface area contributed by atoms with Crippen molar-refractivity contribution in [2.24, 2.45) is 0 Å². The van der Waals surface area contributed by atoms with E-state index >= 15 is 0 Å². The van der Waals surface area contributed by atoms with Gasteiger partial charge in [0.2, 0.25) is 0 Å². The third-order valence-corrected chi connectivity index (χ3v) is 3.27. The lowest BCUT2D eigenvalue weighted by Crippen LogP contribution is -2.56. The zero-order valence-electron chi connectivity index (χ0n) is 12.8. The van der Waals surface area contributed by atoms with Gasteiger partial charge in [0.05, 0.1) is 0 Å². The second-order valence-corrected chi connectivity index (χ2v) is 4.14. The lowest BCUT2D eigenvalue weighted by atomic mass is 9.80. The van der Waals surface area contributed by atoms with Gasteiger partial charge in [0.15, 0.2) is 0 Å². The van der Waals surface area contributed by atoms with Crippen molar-refractivity contribution >= 4 is 0 Å². The summed E-state index contributed by atoms with van der Waals surface area (Å²) in [5.74, 6) is 0. The Morgan fingerprint density at radius 1 is 0.875 bits per heavy atom. The molecule has 16 heavy (non-hydrogen) atoms. The molecular weight excluding hydrogens is 194 g/mol. The predicted octanol–water partition coefficient (Wildman–Crippen LogP) is 5.10. The first-order valence-corrected chi connectivity index (χ1v) is 7.51. The van der Waals surface area contributed by atoms with Gasteiger partial charge < -0.3 is 4.90 Å². The Bertz CT molecular complexity index is 107. The largest absolute Gasteiger partial charge is 0.300 e. The van der Waals surface area contributed by atoms with E-state index in [0.717, 1.165) is 12.1 Å². The van der Waals surface area contributed by atoms with Crippen LogP contribution in [0.4, 0.5) is 0 Å². The van der Waals surface area contributed by atoms with E-state index in [9.17, 15) is 0 Å². The first-order chi connectivity index (χ1) is 7.79. The molecule has 2 atom stereocenters. The standard InChI is InChI=1S/C7H13N.C4H10.2C2H6/c1-8-6-3-2-4-7(8)5-6;1-3-4-2;2*1-2/h6-7H,2-5H2,1H3;3-4H2,1-2H3;2*1-2H3. The Labute approximate surface area is 105 Å². The van der Waals surface area contributed by atoms with Gasteiger partial charge in [-0.25, -0.2) is 0 Å². The number of fused-ring (bicyclic) bond motifs is 2. The topological polar surface area (TPSA) is 3.24 Å². The van der Waals surface area contributed by atoms with Gasteiger partial charge in [0.25, 0.3) is 0 Å². The molecule has 2 heterocycles.